The van der Waals surface area contributed by atoms with Crippen LogP contribution in [0.5, 0.6) is 11.5 Å². The number of hydrogen-bond donors (Lipinski definition) is 2. The molecule has 2 heteroatoms. The fourth-order valence-corrected chi connectivity index (χ4v) is 3.89. The molecule has 0 aliphatic heterocycles. The van der Waals surface area contributed by atoms with Gasteiger partial charge in [-0.15, -0.1) is 0 Å². The summed E-state index contributed by atoms with van der Waals surface area (Å²) >= 11 is 0. The number of rotatable bonds is 5. The first-order chi connectivity index (χ1) is 14.2. The maximum absolute atomic E-state index is 10.1. The van der Waals surface area contributed by atoms with Crippen LogP contribution < -0.4 is 0 Å². The molecule has 4 aromatic carbocycles. The van der Waals surface area contributed by atoms with Crippen molar-refractivity contribution in [2.45, 2.75) is 19.3 Å². The average Bonchev–Trinajstić information content (AvgIpc) is 2.76. The molecule has 0 aromatic heterocycles. The maximum Gasteiger partial charge on any atom is 0.123 e. The molecule has 2 N–H and O–H groups in total. The highest BCUT2D eigenvalue weighted by atomic mass is 16.3. The van der Waals surface area contributed by atoms with E-state index < -0.39 is 0 Å². The third kappa shape index (κ3) is 3.88. The van der Waals surface area contributed by atoms with E-state index in [0.717, 1.165) is 28.7 Å². The summed E-state index contributed by atoms with van der Waals surface area (Å²) in [5.41, 5.74) is 6.22. The number of hydrogen-bond acceptors (Lipinski definition) is 2. The van der Waals surface area contributed by atoms with Crippen LogP contribution >= 0.6 is 0 Å². The highest BCUT2D eigenvalue weighted by molar-refractivity contribution is 5.71. The molecule has 0 fully saturated rings. The van der Waals surface area contributed by atoms with Gasteiger partial charge >= 0.3 is 0 Å². The summed E-state index contributed by atoms with van der Waals surface area (Å²) in [4.78, 5) is 0. The molecule has 0 saturated carbocycles. The van der Waals surface area contributed by atoms with Crippen molar-refractivity contribution in [3.63, 3.8) is 0 Å². The van der Waals surface area contributed by atoms with Crippen LogP contribution in [0, 0.1) is 0 Å². The van der Waals surface area contributed by atoms with E-state index in [4.69, 9.17) is 0 Å². The van der Waals surface area contributed by atoms with E-state index in [9.17, 15) is 10.2 Å². The second kappa shape index (κ2) is 8.24. The number of para-hydroxylation sites is 2. The van der Waals surface area contributed by atoms with Crippen LogP contribution in [-0.2, 0) is 0 Å². The molecular weight excluding hydrogens is 356 g/mol. The molecule has 4 aromatic rings. The zero-order chi connectivity index (χ0) is 20.2. The number of phenolic OH excluding ortho intramolecular Hbond substituents is 2. The Bertz CT molecular complexity index is 1010. The lowest BCUT2D eigenvalue weighted by Gasteiger charge is -2.17. The van der Waals surface area contributed by atoms with Gasteiger partial charge < -0.3 is 10.2 Å². The Morgan fingerprint density at radius 2 is 0.931 bits per heavy atom. The van der Waals surface area contributed by atoms with Crippen molar-refractivity contribution in [3.8, 4) is 33.8 Å². The lowest BCUT2D eigenvalue weighted by Crippen LogP contribution is -1.99. The van der Waals surface area contributed by atoms with Gasteiger partial charge in [-0.25, -0.2) is 0 Å². The molecule has 0 heterocycles. The third-order valence-electron chi connectivity index (χ3n) is 5.46. The van der Waals surface area contributed by atoms with Crippen molar-refractivity contribution in [2.75, 3.05) is 0 Å². The second-order valence-corrected chi connectivity index (χ2v) is 7.24. The van der Waals surface area contributed by atoms with Gasteiger partial charge in [0.15, 0.2) is 0 Å². The van der Waals surface area contributed by atoms with Crippen LogP contribution in [0.4, 0.5) is 0 Å². The molecule has 0 unspecified atom stereocenters. The Morgan fingerprint density at radius 3 is 1.28 bits per heavy atom. The van der Waals surface area contributed by atoms with Crippen molar-refractivity contribution < 1.29 is 10.2 Å². The van der Waals surface area contributed by atoms with Crippen LogP contribution in [0.25, 0.3) is 22.3 Å². The van der Waals surface area contributed by atoms with Crippen molar-refractivity contribution in [2.24, 2.45) is 0 Å². The SMILES string of the molecule is CCC(c1ccc(-c2ccccc2O)cc1)c1ccc(-c2ccccc2O)cc1. The molecule has 0 atom stereocenters. The van der Waals surface area contributed by atoms with Crippen molar-refractivity contribution in [3.05, 3.63) is 108 Å². The lowest BCUT2D eigenvalue weighted by atomic mass is 9.87. The summed E-state index contributed by atoms with van der Waals surface area (Å²) < 4.78 is 0. The smallest absolute Gasteiger partial charge is 0.123 e. The van der Waals surface area contributed by atoms with Crippen LogP contribution in [0.2, 0.25) is 0 Å². The van der Waals surface area contributed by atoms with E-state index in [-0.39, 0.29) is 0 Å². The molecule has 0 aliphatic carbocycles. The van der Waals surface area contributed by atoms with Crippen molar-refractivity contribution in [1.82, 2.24) is 0 Å². The van der Waals surface area contributed by atoms with Gasteiger partial charge in [-0.3, -0.25) is 0 Å². The average molecular weight is 380 g/mol. The van der Waals surface area contributed by atoms with Gasteiger partial charge in [0, 0.05) is 17.0 Å². The molecule has 0 saturated heterocycles. The molecule has 2 nitrogen and oxygen atoms in total. The normalized spacial score (nSPS) is 11.0. The van der Waals surface area contributed by atoms with E-state index in [1.807, 2.05) is 36.4 Å². The highest BCUT2D eigenvalue weighted by Gasteiger charge is 2.13. The molecule has 4 rings (SSSR count). The van der Waals surface area contributed by atoms with Crippen LogP contribution in [0.3, 0.4) is 0 Å². The first-order valence-corrected chi connectivity index (χ1v) is 9.94. The summed E-state index contributed by atoms with van der Waals surface area (Å²) in [5.74, 6) is 0.894. The molecule has 144 valence electrons. The van der Waals surface area contributed by atoms with E-state index in [1.54, 1.807) is 12.1 Å². The Kier molecular flexibility index (Phi) is 5.35. The van der Waals surface area contributed by atoms with Gasteiger partial charge in [-0.1, -0.05) is 91.9 Å². The zero-order valence-corrected chi connectivity index (χ0v) is 16.4. The van der Waals surface area contributed by atoms with E-state index in [2.05, 4.69) is 55.5 Å². The van der Waals surface area contributed by atoms with Crippen LogP contribution in [0.15, 0.2) is 97.1 Å². The van der Waals surface area contributed by atoms with E-state index in [0.29, 0.717) is 17.4 Å². The minimum absolute atomic E-state index is 0.298. The largest absolute Gasteiger partial charge is 0.507 e. The molecule has 0 bridgehead atoms. The molecule has 0 aliphatic rings. The Morgan fingerprint density at radius 1 is 0.552 bits per heavy atom. The summed E-state index contributed by atoms with van der Waals surface area (Å²) in [6.45, 7) is 2.19. The molecule has 0 radical (unpaired) electrons. The zero-order valence-electron chi connectivity index (χ0n) is 16.4. The standard InChI is InChI=1S/C27H24O2/c1-2-23(19-11-15-21(16-12-19)24-7-3-5-9-26(24)28)20-13-17-22(18-14-20)25-8-4-6-10-27(25)29/h3-18,23,28-29H,2H2,1H3. The van der Waals surface area contributed by atoms with Crippen molar-refractivity contribution >= 4 is 0 Å². The third-order valence-corrected chi connectivity index (χ3v) is 5.46. The fourth-order valence-electron chi connectivity index (χ4n) is 3.89. The maximum atomic E-state index is 10.1. The van der Waals surface area contributed by atoms with Crippen LogP contribution in [-0.4, -0.2) is 10.2 Å². The summed E-state index contributed by atoms with van der Waals surface area (Å²) in [6.07, 6.45) is 0.992. The Labute approximate surface area is 171 Å². The number of benzene rings is 4. The summed E-state index contributed by atoms with van der Waals surface area (Å²) in [5, 5.41) is 20.2. The van der Waals surface area contributed by atoms with E-state index >= 15 is 0 Å². The van der Waals surface area contributed by atoms with Gasteiger partial charge in [0.1, 0.15) is 11.5 Å². The quantitative estimate of drug-likeness (QED) is 0.392. The van der Waals surface area contributed by atoms with Gasteiger partial charge in [0.25, 0.3) is 0 Å². The van der Waals surface area contributed by atoms with Crippen molar-refractivity contribution in [1.29, 1.82) is 0 Å². The van der Waals surface area contributed by atoms with Gasteiger partial charge in [-0.05, 0) is 40.8 Å². The lowest BCUT2D eigenvalue weighted by molar-refractivity contribution is 0.477. The first-order valence-electron chi connectivity index (χ1n) is 9.94. The Balaban J connectivity index is 1.61. The molecular formula is C27H24O2. The molecule has 0 spiro atoms. The topological polar surface area (TPSA) is 40.5 Å². The van der Waals surface area contributed by atoms with E-state index in [1.165, 1.54) is 11.1 Å². The molecule has 29 heavy (non-hydrogen) atoms. The minimum Gasteiger partial charge on any atom is -0.507 e. The van der Waals surface area contributed by atoms with Gasteiger partial charge in [0.2, 0.25) is 0 Å². The predicted molar refractivity (Wildman–Crippen MR) is 119 cm³/mol. The predicted octanol–water partition coefficient (Wildman–Crippen LogP) is 6.97. The fraction of sp³-hybridized carbons (Fsp3) is 0.111. The highest BCUT2D eigenvalue weighted by Crippen LogP contribution is 2.34. The Hall–Kier alpha value is -3.52. The van der Waals surface area contributed by atoms with Gasteiger partial charge in [0.05, 0.1) is 0 Å². The first kappa shape index (κ1) is 18.8. The minimum atomic E-state index is 0.298. The van der Waals surface area contributed by atoms with Crippen LogP contribution in [0.1, 0.15) is 30.4 Å². The molecule has 0 amide bonds. The van der Waals surface area contributed by atoms with Gasteiger partial charge in [-0.2, -0.15) is 0 Å². The number of aromatic hydroxyl groups is 2. The number of phenols is 2. The monoisotopic (exact) mass is 380 g/mol. The second-order valence-electron chi connectivity index (χ2n) is 7.24. The summed E-state index contributed by atoms with van der Waals surface area (Å²) in [6, 6.07) is 31.7. The summed E-state index contributed by atoms with van der Waals surface area (Å²) in [7, 11) is 0.